The molecule has 10 nitrogen and oxygen atoms in total. The molecule has 3 N–H and O–H groups in total. The topological polar surface area (TPSA) is 133 Å². The quantitative estimate of drug-likeness (QED) is 0.566. The van der Waals surface area contributed by atoms with Gasteiger partial charge in [0.05, 0.1) is 5.92 Å². The third-order valence-electron chi connectivity index (χ3n) is 5.46. The first-order valence-electron chi connectivity index (χ1n) is 10.2. The van der Waals surface area contributed by atoms with Crippen LogP contribution in [0, 0.1) is 5.92 Å². The van der Waals surface area contributed by atoms with Crippen molar-refractivity contribution in [1.82, 2.24) is 19.8 Å². The minimum absolute atomic E-state index is 0.00842. The van der Waals surface area contributed by atoms with Gasteiger partial charge in [-0.3, -0.25) is 9.89 Å². The maximum Gasteiger partial charge on any atom is 0.407 e. The molecule has 0 radical (unpaired) electrons. The number of H-pyrrole nitrogens is 1. The van der Waals surface area contributed by atoms with Gasteiger partial charge < -0.3 is 15.4 Å². The van der Waals surface area contributed by atoms with Crippen molar-refractivity contribution in [2.75, 3.05) is 18.4 Å². The van der Waals surface area contributed by atoms with Gasteiger partial charge in [0.2, 0.25) is 5.91 Å². The number of halogens is 2. The van der Waals surface area contributed by atoms with Crippen molar-refractivity contribution in [2.45, 2.75) is 63.4 Å². The lowest BCUT2D eigenvalue weighted by molar-refractivity contribution is -0.119. The zero-order valence-corrected chi connectivity index (χ0v) is 18.1. The second-order valence-corrected chi connectivity index (χ2v) is 10.1. The van der Waals surface area contributed by atoms with E-state index >= 15 is 0 Å². The molecule has 13 heteroatoms. The van der Waals surface area contributed by atoms with E-state index in [1.54, 1.807) is 6.07 Å². The molecule has 174 valence electrons. The highest BCUT2D eigenvalue weighted by atomic mass is 32.2. The van der Waals surface area contributed by atoms with Crippen molar-refractivity contribution in [3.05, 3.63) is 11.8 Å². The summed E-state index contributed by atoms with van der Waals surface area (Å²) in [6.45, 7) is 3.29. The normalized spacial score (nSPS) is 24.6. The number of sulfonamides is 1. The van der Waals surface area contributed by atoms with Crippen LogP contribution in [0.15, 0.2) is 6.07 Å². The van der Waals surface area contributed by atoms with Crippen LogP contribution in [0.25, 0.3) is 0 Å². The number of alkyl carbamates (subject to hydrolysis) is 1. The fraction of sp³-hybridized carbons (Fsp3) is 0.722. The number of hydrogen-bond acceptors (Lipinski definition) is 6. The molecule has 3 rings (SSSR count). The third-order valence-corrected chi connectivity index (χ3v) is 6.96. The van der Waals surface area contributed by atoms with Crippen LogP contribution >= 0.6 is 0 Å². The molecule has 1 aromatic rings. The summed E-state index contributed by atoms with van der Waals surface area (Å²) in [5.74, 6) is -4.33. The van der Waals surface area contributed by atoms with Crippen molar-refractivity contribution in [2.24, 2.45) is 5.92 Å². The standard InChI is InChI=1S/C18H27F2N5O5S/c1-10(2)21-18(27)30-13-4-3-11(7-13)14-8-15(24-23-14)22-16(26)12-5-6-25(9-12)31(28,29)17(19)20/h8,10-13,17H,3-7,9H2,1-2H3,(H,21,27)(H2,22,23,24,26)/t11-,12+,13+/m0/s1. The van der Waals surface area contributed by atoms with Gasteiger partial charge in [0.15, 0.2) is 5.82 Å². The number of carbonyl (C=O) groups is 2. The van der Waals surface area contributed by atoms with Crippen LogP contribution in [0.5, 0.6) is 0 Å². The highest BCUT2D eigenvalue weighted by Crippen LogP contribution is 2.36. The zero-order chi connectivity index (χ0) is 22.8. The lowest BCUT2D eigenvalue weighted by Gasteiger charge is -2.15. The molecule has 2 fully saturated rings. The summed E-state index contributed by atoms with van der Waals surface area (Å²) in [4.78, 5) is 24.2. The molecule has 1 aromatic heterocycles. The molecule has 0 spiro atoms. The predicted octanol–water partition coefficient (Wildman–Crippen LogP) is 1.99. The number of rotatable bonds is 7. The van der Waals surface area contributed by atoms with Crippen molar-refractivity contribution in [1.29, 1.82) is 0 Å². The molecule has 0 aromatic carbocycles. The highest BCUT2D eigenvalue weighted by Gasteiger charge is 2.39. The molecule has 31 heavy (non-hydrogen) atoms. The largest absolute Gasteiger partial charge is 0.446 e. The van der Waals surface area contributed by atoms with Gasteiger partial charge in [-0.05, 0) is 39.5 Å². The first-order chi connectivity index (χ1) is 14.6. The Bertz CT molecular complexity index is 907. The summed E-state index contributed by atoms with van der Waals surface area (Å²) >= 11 is 0. The lowest BCUT2D eigenvalue weighted by atomic mass is 10.0. The van der Waals surface area contributed by atoms with Gasteiger partial charge in [-0.2, -0.15) is 18.2 Å². The summed E-state index contributed by atoms with van der Waals surface area (Å²) in [6, 6.07) is 1.67. The number of aromatic amines is 1. The minimum Gasteiger partial charge on any atom is -0.446 e. The first-order valence-corrected chi connectivity index (χ1v) is 11.7. The van der Waals surface area contributed by atoms with Crippen LogP contribution in [-0.2, 0) is 19.6 Å². The second kappa shape index (κ2) is 9.47. The minimum atomic E-state index is -4.69. The van der Waals surface area contributed by atoms with Gasteiger partial charge in [-0.15, -0.1) is 0 Å². The van der Waals surface area contributed by atoms with Crippen molar-refractivity contribution in [3.8, 4) is 0 Å². The molecule has 2 aliphatic rings. The van der Waals surface area contributed by atoms with Crippen molar-refractivity contribution < 1.29 is 31.5 Å². The van der Waals surface area contributed by atoms with Crippen LogP contribution in [0.2, 0.25) is 0 Å². The monoisotopic (exact) mass is 463 g/mol. The van der Waals surface area contributed by atoms with Crippen molar-refractivity contribution >= 4 is 27.8 Å². The van der Waals surface area contributed by atoms with Gasteiger partial charge >= 0.3 is 11.9 Å². The molecule has 1 saturated heterocycles. The van der Waals surface area contributed by atoms with Gasteiger partial charge in [0.25, 0.3) is 10.0 Å². The molecule has 2 heterocycles. The van der Waals surface area contributed by atoms with Gasteiger partial charge in [-0.1, -0.05) is 0 Å². The predicted molar refractivity (Wildman–Crippen MR) is 107 cm³/mol. The summed E-state index contributed by atoms with van der Waals surface area (Å²) in [5, 5.41) is 12.2. The van der Waals surface area contributed by atoms with Gasteiger partial charge in [0, 0.05) is 36.8 Å². The Labute approximate surface area is 179 Å². The Morgan fingerprint density at radius 2 is 2.03 bits per heavy atom. The van der Waals surface area contributed by atoms with Crippen LogP contribution < -0.4 is 10.6 Å². The molecule has 0 bridgehead atoms. The van der Waals surface area contributed by atoms with E-state index in [1.807, 2.05) is 13.8 Å². The van der Waals surface area contributed by atoms with Gasteiger partial charge in [-0.25, -0.2) is 13.2 Å². The molecule has 2 amide bonds. The SMILES string of the molecule is CC(C)NC(=O)O[C@@H]1CC[C@H](c2cc(NC(=O)[C@@H]3CCN(S(=O)(=O)C(F)F)C3)n[nH]2)C1. The Morgan fingerprint density at radius 1 is 1.29 bits per heavy atom. The maximum atomic E-state index is 12.7. The number of hydrogen-bond donors (Lipinski definition) is 3. The van der Waals surface area contributed by atoms with Crippen molar-refractivity contribution in [3.63, 3.8) is 0 Å². The number of carbonyl (C=O) groups excluding carboxylic acids is 2. The van der Waals surface area contributed by atoms with E-state index in [0.717, 1.165) is 12.1 Å². The fourth-order valence-electron chi connectivity index (χ4n) is 3.87. The molecular formula is C18H27F2N5O5S. The van der Waals surface area contributed by atoms with E-state index in [9.17, 15) is 26.8 Å². The molecule has 1 aliphatic carbocycles. The summed E-state index contributed by atoms with van der Waals surface area (Å²) < 4.78 is 54.5. The maximum absolute atomic E-state index is 12.7. The number of anilines is 1. The fourth-order valence-corrected chi connectivity index (χ4v) is 4.85. The number of amides is 2. The Kier molecular flexibility index (Phi) is 7.14. The van der Waals surface area contributed by atoms with E-state index in [1.165, 1.54) is 0 Å². The van der Waals surface area contributed by atoms with Crippen LogP contribution in [-0.4, -0.2) is 65.9 Å². The van der Waals surface area contributed by atoms with Gasteiger partial charge in [0.1, 0.15) is 6.10 Å². The lowest BCUT2D eigenvalue weighted by Crippen LogP contribution is -2.35. The third kappa shape index (κ3) is 5.70. The Hall–Kier alpha value is -2.28. The number of alkyl halides is 2. The highest BCUT2D eigenvalue weighted by molar-refractivity contribution is 7.89. The van der Waals surface area contributed by atoms with Crippen LogP contribution in [0.4, 0.5) is 19.4 Å². The smallest absolute Gasteiger partial charge is 0.407 e. The molecule has 1 aliphatic heterocycles. The average Bonchev–Trinajstić information content (AvgIpc) is 3.41. The van der Waals surface area contributed by atoms with E-state index in [0.29, 0.717) is 17.1 Å². The number of ether oxygens (including phenoxy) is 1. The summed E-state index contributed by atoms with van der Waals surface area (Å²) in [7, 11) is -4.69. The average molecular weight is 464 g/mol. The van der Waals surface area contributed by atoms with Crippen LogP contribution in [0.3, 0.4) is 0 Å². The zero-order valence-electron chi connectivity index (χ0n) is 17.3. The molecule has 3 atom stereocenters. The van der Waals surface area contributed by atoms with E-state index in [-0.39, 0.29) is 43.4 Å². The number of nitrogens with one attached hydrogen (secondary N) is 3. The second-order valence-electron chi connectivity index (χ2n) is 8.18. The summed E-state index contributed by atoms with van der Waals surface area (Å²) in [5.41, 5.74) is 0.791. The first kappa shape index (κ1) is 23.4. The molecular weight excluding hydrogens is 436 g/mol. The van der Waals surface area contributed by atoms with E-state index in [4.69, 9.17) is 4.74 Å². The van der Waals surface area contributed by atoms with E-state index in [2.05, 4.69) is 20.8 Å². The Balaban J connectivity index is 1.50. The number of aromatic nitrogens is 2. The summed E-state index contributed by atoms with van der Waals surface area (Å²) in [6.07, 6.45) is 1.65. The molecule has 0 unspecified atom stereocenters. The van der Waals surface area contributed by atoms with Crippen LogP contribution in [0.1, 0.15) is 51.1 Å². The Morgan fingerprint density at radius 3 is 2.71 bits per heavy atom. The number of nitrogens with zero attached hydrogens (tertiary/aromatic N) is 2. The molecule has 1 saturated carbocycles. The van der Waals surface area contributed by atoms with E-state index < -0.39 is 33.7 Å².